The summed E-state index contributed by atoms with van der Waals surface area (Å²) in [6.07, 6.45) is 1.79. The van der Waals surface area contributed by atoms with Gasteiger partial charge in [-0.15, -0.1) is 0 Å². The summed E-state index contributed by atoms with van der Waals surface area (Å²) in [5.74, 6) is -0.249. The van der Waals surface area contributed by atoms with E-state index in [0.29, 0.717) is 0 Å². The van der Waals surface area contributed by atoms with Gasteiger partial charge in [-0.05, 0) is 37.6 Å². The van der Waals surface area contributed by atoms with E-state index in [0.717, 1.165) is 33.7 Å². The van der Waals surface area contributed by atoms with Gasteiger partial charge in [-0.1, -0.05) is 42.0 Å². The Labute approximate surface area is 139 Å². The van der Waals surface area contributed by atoms with E-state index in [1.54, 1.807) is 18.3 Å². The Bertz CT molecular complexity index is 1020. The van der Waals surface area contributed by atoms with Crippen molar-refractivity contribution in [2.24, 2.45) is 0 Å². The van der Waals surface area contributed by atoms with Crippen molar-refractivity contribution in [3.05, 3.63) is 77.9 Å². The zero-order chi connectivity index (χ0) is 16.7. The van der Waals surface area contributed by atoms with E-state index >= 15 is 0 Å². The number of hydrogen-bond donors (Lipinski definition) is 0. The van der Waals surface area contributed by atoms with Crippen LogP contribution >= 0.6 is 0 Å². The highest BCUT2D eigenvalue weighted by atomic mass is 19.1. The predicted octanol–water partition coefficient (Wildman–Crippen LogP) is 4.82. The van der Waals surface area contributed by atoms with Crippen LogP contribution in [0.3, 0.4) is 0 Å². The molecule has 0 radical (unpaired) electrons. The van der Waals surface area contributed by atoms with E-state index in [1.807, 2.05) is 17.5 Å². The Morgan fingerprint density at radius 3 is 2.21 bits per heavy atom. The molecule has 0 unspecified atom stereocenters. The van der Waals surface area contributed by atoms with Crippen LogP contribution in [0.25, 0.3) is 28.0 Å². The molecule has 0 aliphatic carbocycles. The van der Waals surface area contributed by atoms with Crippen molar-refractivity contribution in [1.29, 1.82) is 0 Å². The zero-order valence-corrected chi connectivity index (χ0v) is 13.5. The van der Waals surface area contributed by atoms with Gasteiger partial charge in [0.2, 0.25) is 0 Å². The molecule has 0 N–H and O–H groups in total. The molecule has 0 atom stereocenters. The summed E-state index contributed by atoms with van der Waals surface area (Å²) in [7, 11) is 0. The Kier molecular flexibility index (Phi) is 3.38. The zero-order valence-electron chi connectivity index (χ0n) is 13.5. The van der Waals surface area contributed by atoms with E-state index in [2.05, 4.69) is 41.3 Å². The fourth-order valence-electron chi connectivity index (χ4n) is 2.95. The monoisotopic (exact) mass is 317 g/mol. The van der Waals surface area contributed by atoms with Gasteiger partial charge in [0.1, 0.15) is 5.82 Å². The summed E-state index contributed by atoms with van der Waals surface area (Å²) in [5, 5.41) is 4.67. The first-order valence-corrected chi connectivity index (χ1v) is 7.81. The first-order chi connectivity index (χ1) is 11.6. The average Bonchev–Trinajstić information content (AvgIpc) is 2.92. The number of aromatic nitrogens is 3. The lowest BCUT2D eigenvalue weighted by Gasteiger charge is -2.06. The molecule has 0 saturated heterocycles. The fraction of sp³-hybridized carbons (Fsp3) is 0.100. The normalized spacial score (nSPS) is 11.1. The molecule has 0 fully saturated rings. The highest BCUT2D eigenvalue weighted by Gasteiger charge is 2.15. The second-order valence-electron chi connectivity index (χ2n) is 5.90. The summed E-state index contributed by atoms with van der Waals surface area (Å²) >= 11 is 0. The van der Waals surface area contributed by atoms with E-state index in [1.165, 1.54) is 17.7 Å². The second-order valence-corrected chi connectivity index (χ2v) is 5.90. The minimum absolute atomic E-state index is 0.249. The number of halogens is 1. The molecule has 24 heavy (non-hydrogen) atoms. The number of aryl methyl sites for hydroxylation is 2. The van der Waals surface area contributed by atoms with Crippen LogP contribution in [0.15, 0.2) is 60.8 Å². The van der Waals surface area contributed by atoms with Crippen LogP contribution in [0.2, 0.25) is 0 Å². The van der Waals surface area contributed by atoms with Gasteiger partial charge >= 0.3 is 0 Å². The summed E-state index contributed by atoms with van der Waals surface area (Å²) in [4.78, 5) is 4.51. The molecule has 2 heterocycles. The minimum atomic E-state index is -0.249. The summed E-state index contributed by atoms with van der Waals surface area (Å²) < 4.78 is 15.1. The summed E-state index contributed by atoms with van der Waals surface area (Å²) in [6, 6.07) is 16.7. The summed E-state index contributed by atoms with van der Waals surface area (Å²) in [5.41, 5.74) is 6.78. The number of hydrogen-bond acceptors (Lipinski definition) is 2. The maximum atomic E-state index is 13.2. The second kappa shape index (κ2) is 5.57. The highest BCUT2D eigenvalue weighted by Crippen LogP contribution is 2.30. The maximum absolute atomic E-state index is 13.2. The number of nitrogens with zero attached hydrogens (tertiary/aromatic N) is 3. The fourth-order valence-corrected chi connectivity index (χ4v) is 2.95. The lowest BCUT2D eigenvalue weighted by atomic mass is 10.1. The van der Waals surface area contributed by atoms with Gasteiger partial charge in [0, 0.05) is 17.3 Å². The molecule has 118 valence electrons. The van der Waals surface area contributed by atoms with Gasteiger partial charge in [0.25, 0.3) is 0 Å². The van der Waals surface area contributed by atoms with Crippen molar-refractivity contribution in [3.63, 3.8) is 0 Å². The molecule has 3 nitrogen and oxygen atoms in total. The van der Waals surface area contributed by atoms with Gasteiger partial charge in [-0.3, -0.25) is 0 Å². The molecule has 2 aromatic heterocycles. The van der Waals surface area contributed by atoms with Gasteiger partial charge in [-0.2, -0.15) is 5.10 Å². The highest BCUT2D eigenvalue weighted by molar-refractivity contribution is 5.81. The molecular weight excluding hydrogens is 301 g/mol. The lowest BCUT2D eigenvalue weighted by molar-refractivity contribution is 0.628. The van der Waals surface area contributed by atoms with Gasteiger partial charge in [0.15, 0.2) is 5.65 Å². The van der Waals surface area contributed by atoms with Crippen LogP contribution in [-0.2, 0) is 0 Å². The van der Waals surface area contributed by atoms with Crippen LogP contribution in [0.1, 0.15) is 11.3 Å². The smallest absolute Gasteiger partial charge is 0.163 e. The lowest BCUT2D eigenvalue weighted by Crippen LogP contribution is -1.96. The van der Waals surface area contributed by atoms with Gasteiger partial charge in [0.05, 0.1) is 11.4 Å². The summed E-state index contributed by atoms with van der Waals surface area (Å²) in [6.45, 7) is 4.02. The predicted molar refractivity (Wildman–Crippen MR) is 93.3 cm³/mol. The topological polar surface area (TPSA) is 30.2 Å². The van der Waals surface area contributed by atoms with Crippen molar-refractivity contribution in [3.8, 4) is 22.4 Å². The molecule has 0 amide bonds. The van der Waals surface area contributed by atoms with E-state index < -0.39 is 0 Å². The maximum Gasteiger partial charge on any atom is 0.163 e. The Balaban J connectivity index is 1.95. The van der Waals surface area contributed by atoms with Crippen LogP contribution in [0.5, 0.6) is 0 Å². The molecule has 4 aromatic rings. The SMILES string of the molecule is Cc1ccc(-c2ccnc3c(-c4ccc(F)cc4)c(C)nn23)cc1. The van der Waals surface area contributed by atoms with Crippen LogP contribution in [-0.4, -0.2) is 14.6 Å². The van der Waals surface area contributed by atoms with Crippen molar-refractivity contribution in [1.82, 2.24) is 14.6 Å². The van der Waals surface area contributed by atoms with Crippen molar-refractivity contribution in [2.75, 3.05) is 0 Å². The first kappa shape index (κ1) is 14.6. The van der Waals surface area contributed by atoms with Crippen LogP contribution < -0.4 is 0 Å². The van der Waals surface area contributed by atoms with Crippen molar-refractivity contribution < 1.29 is 4.39 Å². The Morgan fingerprint density at radius 2 is 1.50 bits per heavy atom. The molecular formula is C20H16FN3. The standard InChI is InChI=1S/C20H16FN3/c1-13-3-5-15(6-4-13)18-11-12-22-20-19(14(2)23-24(18)20)16-7-9-17(21)10-8-16/h3-12H,1-2H3. The van der Waals surface area contributed by atoms with Crippen LogP contribution in [0, 0.1) is 19.7 Å². The van der Waals surface area contributed by atoms with Gasteiger partial charge in [-0.25, -0.2) is 13.9 Å². The quantitative estimate of drug-likeness (QED) is 0.530. The molecule has 0 spiro atoms. The minimum Gasteiger partial charge on any atom is -0.236 e. The average molecular weight is 317 g/mol. The van der Waals surface area contributed by atoms with E-state index in [9.17, 15) is 4.39 Å². The van der Waals surface area contributed by atoms with Crippen LogP contribution in [0.4, 0.5) is 4.39 Å². The number of rotatable bonds is 2. The Hall–Kier alpha value is -3.01. The van der Waals surface area contributed by atoms with E-state index in [-0.39, 0.29) is 5.82 Å². The molecule has 0 aliphatic heterocycles. The third-order valence-electron chi connectivity index (χ3n) is 4.17. The molecule has 0 saturated carbocycles. The third kappa shape index (κ3) is 2.36. The van der Waals surface area contributed by atoms with E-state index in [4.69, 9.17) is 0 Å². The van der Waals surface area contributed by atoms with Crippen molar-refractivity contribution in [2.45, 2.75) is 13.8 Å². The molecule has 4 heteroatoms. The van der Waals surface area contributed by atoms with Gasteiger partial charge < -0.3 is 0 Å². The number of benzene rings is 2. The molecule has 2 aromatic carbocycles. The molecule has 0 aliphatic rings. The Morgan fingerprint density at radius 1 is 0.833 bits per heavy atom. The first-order valence-electron chi connectivity index (χ1n) is 7.81. The van der Waals surface area contributed by atoms with Crippen molar-refractivity contribution >= 4 is 5.65 Å². The largest absolute Gasteiger partial charge is 0.236 e. The molecule has 4 rings (SSSR count). The third-order valence-corrected chi connectivity index (χ3v) is 4.17. The molecule has 0 bridgehead atoms. The number of fused-ring (bicyclic) bond motifs is 1.